The smallest absolute Gasteiger partial charge is 0.252 e. The molecule has 0 bridgehead atoms. The first-order valence-electron chi connectivity index (χ1n) is 7.19. The van der Waals surface area contributed by atoms with Gasteiger partial charge in [-0.3, -0.25) is 4.79 Å². The molecule has 1 saturated carbocycles. The summed E-state index contributed by atoms with van der Waals surface area (Å²) in [4.78, 5) is 12.5. The third-order valence-corrected chi connectivity index (χ3v) is 3.98. The number of hydrogen-bond donors (Lipinski definition) is 2. The summed E-state index contributed by atoms with van der Waals surface area (Å²) in [6.07, 6.45) is 2.95. The number of aliphatic hydroxyl groups is 1. The van der Waals surface area contributed by atoms with Gasteiger partial charge in [0.05, 0.1) is 0 Å². The molecule has 1 fully saturated rings. The molecule has 0 saturated heterocycles. The van der Waals surface area contributed by atoms with Gasteiger partial charge in [0, 0.05) is 18.2 Å². The molecule has 2 N–H and O–H groups in total. The van der Waals surface area contributed by atoms with Gasteiger partial charge in [-0.2, -0.15) is 0 Å². The van der Waals surface area contributed by atoms with Crippen molar-refractivity contribution in [3.63, 3.8) is 0 Å². The number of carbonyl (C=O) groups excluding carboxylic acids is 1. The maximum Gasteiger partial charge on any atom is 0.252 e. The normalized spacial score (nSPS) is 16.1. The van der Waals surface area contributed by atoms with Crippen molar-refractivity contribution in [3.05, 3.63) is 48.0 Å². The van der Waals surface area contributed by atoms with Crippen molar-refractivity contribution in [3.8, 4) is 0 Å². The molecule has 1 amide bonds. The first-order valence-corrected chi connectivity index (χ1v) is 7.19. The minimum atomic E-state index is -0.0350. The third kappa shape index (κ3) is 2.68. The molecule has 0 aromatic heterocycles. The average Bonchev–Trinajstić information content (AvgIpc) is 3.31. The lowest BCUT2D eigenvalue weighted by atomic mass is 10.0. The molecule has 2 aromatic carbocycles. The molecule has 0 spiro atoms. The lowest BCUT2D eigenvalue weighted by molar-refractivity contribution is 0.0926. The van der Waals surface area contributed by atoms with E-state index in [1.54, 1.807) is 0 Å². The highest BCUT2D eigenvalue weighted by atomic mass is 16.3. The van der Waals surface area contributed by atoms with Crippen LogP contribution in [-0.2, 0) is 0 Å². The number of benzene rings is 2. The van der Waals surface area contributed by atoms with E-state index in [9.17, 15) is 4.79 Å². The van der Waals surface area contributed by atoms with E-state index in [2.05, 4.69) is 5.32 Å². The van der Waals surface area contributed by atoms with Gasteiger partial charge in [0.1, 0.15) is 0 Å². The molecular weight excluding hydrogens is 250 g/mol. The highest BCUT2D eigenvalue weighted by molar-refractivity contribution is 6.07. The molecule has 3 rings (SSSR count). The number of hydrogen-bond acceptors (Lipinski definition) is 2. The van der Waals surface area contributed by atoms with Crippen LogP contribution in [0.25, 0.3) is 10.8 Å². The number of rotatable bonds is 5. The Kier molecular flexibility index (Phi) is 3.70. The van der Waals surface area contributed by atoms with Crippen LogP contribution in [0.1, 0.15) is 29.6 Å². The Labute approximate surface area is 118 Å². The summed E-state index contributed by atoms with van der Waals surface area (Å²) in [6, 6.07) is 13.8. The van der Waals surface area contributed by atoms with Crippen LogP contribution in [0, 0.1) is 5.92 Å². The number of fused-ring (bicyclic) bond motifs is 1. The summed E-state index contributed by atoms with van der Waals surface area (Å²) in [6.45, 7) is 0.122. The number of carbonyl (C=O) groups is 1. The Morgan fingerprint density at radius 2 is 1.95 bits per heavy atom. The van der Waals surface area contributed by atoms with Crippen molar-refractivity contribution in [1.82, 2.24) is 5.32 Å². The SMILES string of the molecule is O=C(NC(CCO)C1CC1)c1cccc2ccccc12. The van der Waals surface area contributed by atoms with Gasteiger partial charge >= 0.3 is 0 Å². The van der Waals surface area contributed by atoms with Gasteiger partial charge in [-0.1, -0.05) is 36.4 Å². The Morgan fingerprint density at radius 1 is 1.20 bits per heavy atom. The van der Waals surface area contributed by atoms with Gasteiger partial charge in [0.15, 0.2) is 0 Å². The first kappa shape index (κ1) is 13.1. The van der Waals surface area contributed by atoms with Crippen LogP contribution in [0.4, 0.5) is 0 Å². The second-order valence-corrected chi connectivity index (χ2v) is 5.46. The highest BCUT2D eigenvalue weighted by Gasteiger charge is 2.32. The number of nitrogens with one attached hydrogen (secondary N) is 1. The molecule has 104 valence electrons. The Morgan fingerprint density at radius 3 is 2.70 bits per heavy atom. The molecule has 0 radical (unpaired) electrons. The van der Waals surface area contributed by atoms with Crippen molar-refractivity contribution in [2.24, 2.45) is 5.92 Å². The summed E-state index contributed by atoms with van der Waals surface area (Å²) in [7, 11) is 0. The van der Waals surface area contributed by atoms with E-state index in [1.807, 2.05) is 42.5 Å². The fourth-order valence-corrected chi connectivity index (χ4v) is 2.73. The van der Waals surface area contributed by atoms with Gasteiger partial charge in [-0.05, 0) is 42.0 Å². The lowest BCUT2D eigenvalue weighted by Crippen LogP contribution is -2.37. The van der Waals surface area contributed by atoms with Crippen LogP contribution in [0.5, 0.6) is 0 Å². The molecule has 1 aliphatic carbocycles. The minimum absolute atomic E-state index is 0.0350. The zero-order valence-electron chi connectivity index (χ0n) is 11.4. The van der Waals surface area contributed by atoms with Gasteiger partial charge in [0.25, 0.3) is 5.91 Å². The van der Waals surface area contributed by atoms with E-state index < -0.39 is 0 Å². The molecule has 1 atom stereocenters. The molecule has 1 unspecified atom stereocenters. The maximum absolute atomic E-state index is 12.5. The van der Waals surface area contributed by atoms with Crippen LogP contribution in [0.3, 0.4) is 0 Å². The molecule has 3 nitrogen and oxygen atoms in total. The molecular formula is C17H19NO2. The number of aliphatic hydroxyl groups excluding tert-OH is 1. The topological polar surface area (TPSA) is 49.3 Å². The molecule has 0 heterocycles. The van der Waals surface area contributed by atoms with Crippen LogP contribution in [0.2, 0.25) is 0 Å². The summed E-state index contributed by atoms with van der Waals surface area (Å²) in [5.74, 6) is 0.508. The first-order chi connectivity index (χ1) is 9.79. The van der Waals surface area contributed by atoms with E-state index in [1.165, 1.54) is 0 Å². The van der Waals surface area contributed by atoms with Gasteiger partial charge in [0.2, 0.25) is 0 Å². The average molecular weight is 269 g/mol. The highest BCUT2D eigenvalue weighted by Crippen LogP contribution is 2.34. The van der Waals surface area contributed by atoms with E-state index in [0.29, 0.717) is 17.9 Å². The van der Waals surface area contributed by atoms with Crippen LogP contribution < -0.4 is 5.32 Å². The predicted molar refractivity (Wildman–Crippen MR) is 79.6 cm³/mol. The van der Waals surface area contributed by atoms with E-state index in [-0.39, 0.29) is 18.6 Å². The Hall–Kier alpha value is -1.87. The van der Waals surface area contributed by atoms with Crippen molar-refractivity contribution in [1.29, 1.82) is 0 Å². The van der Waals surface area contributed by atoms with Crippen LogP contribution >= 0.6 is 0 Å². The fourth-order valence-electron chi connectivity index (χ4n) is 2.73. The van der Waals surface area contributed by atoms with E-state index in [0.717, 1.165) is 23.6 Å². The molecule has 1 aliphatic rings. The zero-order chi connectivity index (χ0) is 13.9. The predicted octanol–water partition coefficient (Wildman–Crippen LogP) is 2.73. The second kappa shape index (κ2) is 5.63. The van der Waals surface area contributed by atoms with E-state index >= 15 is 0 Å². The molecule has 3 heteroatoms. The van der Waals surface area contributed by atoms with Gasteiger partial charge in [-0.15, -0.1) is 0 Å². The van der Waals surface area contributed by atoms with Crippen molar-refractivity contribution >= 4 is 16.7 Å². The van der Waals surface area contributed by atoms with Crippen molar-refractivity contribution in [2.75, 3.05) is 6.61 Å². The lowest BCUT2D eigenvalue weighted by Gasteiger charge is -2.17. The van der Waals surface area contributed by atoms with Crippen LogP contribution in [0.15, 0.2) is 42.5 Å². The van der Waals surface area contributed by atoms with Crippen molar-refractivity contribution < 1.29 is 9.90 Å². The summed E-state index contributed by atoms with van der Waals surface area (Å²) < 4.78 is 0. The standard InChI is InChI=1S/C17H19NO2/c19-11-10-16(13-8-9-13)18-17(20)15-7-3-5-12-4-1-2-6-14(12)15/h1-7,13,16,19H,8-11H2,(H,18,20). The van der Waals surface area contributed by atoms with Gasteiger partial charge < -0.3 is 10.4 Å². The largest absolute Gasteiger partial charge is 0.396 e. The molecule has 2 aromatic rings. The van der Waals surface area contributed by atoms with Crippen molar-refractivity contribution in [2.45, 2.75) is 25.3 Å². The second-order valence-electron chi connectivity index (χ2n) is 5.46. The minimum Gasteiger partial charge on any atom is -0.396 e. The molecule has 20 heavy (non-hydrogen) atoms. The van der Waals surface area contributed by atoms with Gasteiger partial charge in [-0.25, -0.2) is 0 Å². The summed E-state index contributed by atoms with van der Waals surface area (Å²) in [5.41, 5.74) is 0.715. The zero-order valence-corrected chi connectivity index (χ0v) is 11.4. The Bertz CT molecular complexity index is 614. The Balaban J connectivity index is 1.84. The summed E-state index contributed by atoms with van der Waals surface area (Å²) >= 11 is 0. The fraction of sp³-hybridized carbons (Fsp3) is 0.353. The number of amides is 1. The monoisotopic (exact) mass is 269 g/mol. The molecule has 0 aliphatic heterocycles. The maximum atomic E-state index is 12.5. The quantitative estimate of drug-likeness (QED) is 0.877. The third-order valence-electron chi connectivity index (χ3n) is 3.98. The van der Waals surface area contributed by atoms with E-state index in [4.69, 9.17) is 5.11 Å². The van der Waals surface area contributed by atoms with Crippen LogP contribution in [-0.4, -0.2) is 23.7 Å². The summed E-state index contributed by atoms with van der Waals surface area (Å²) in [5, 5.41) is 14.3.